The largest absolute Gasteiger partial charge is 0.294 e. The zero-order chi connectivity index (χ0) is 14.5. The molecule has 0 saturated heterocycles. The molecule has 0 heterocycles. The Morgan fingerprint density at radius 2 is 1.79 bits per heavy atom. The minimum atomic E-state index is 0.268. The normalized spacial score (nSPS) is 13.3. The molecule has 0 aliphatic rings. The Kier molecular flexibility index (Phi) is 6.12. The van der Waals surface area contributed by atoms with Gasteiger partial charge in [0, 0.05) is 16.9 Å². The molecule has 0 fully saturated rings. The Balaban J connectivity index is 2.58. The van der Waals surface area contributed by atoms with Gasteiger partial charge < -0.3 is 0 Å². The van der Waals surface area contributed by atoms with Crippen LogP contribution in [0.2, 0.25) is 0 Å². The number of benzene rings is 1. The second-order valence-electron chi connectivity index (χ2n) is 6.45. The highest BCUT2D eigenvalue weighted by Crippen LogP contribution is 2.27. The molecule has 0 bridgehead atoms. The third-order valence-corrected chi connectivity index (χ3v) is 3.88. The average molecular weight is 278 g/mol. The van der Waals surface area contributed by atoms with E-state index in [4.69, 9.17) is 0 Å². The van der Waals surface area contributed by atoms with Crippen molar-refractivity contribution in [1.29, 1.82) is 0 Å². The number of carbonyl (C=O) groups is 1. The van der Waals surface area contributed by atoms with Crippen molar-refractivity contribution in [2.75, 3.05) is 5.75 Å². The van der Waals surface area contributed by atoms with Crippen molar-refractivity contribution in [3.05, 3.63) is 29.8 Å². The van der Waals surface area contributed by atoms with Crippen LogP contribution in [0.3, 0.4) is 0 Å². The first-order valence-corrected chi connectivity index (χ1v) is 8.06. The molecule has 0 spiro atoms. The SMILES string of the molecule is CCSc1ccc(C(=O)CC(C)CC(C)(C)C)cc1. The number of hydrogen-bond acceptors (Lipinski definition) is 2. The van der Waals surface area contributed by atoms with Gasteiger partial charge in [-0.15, -0.1) is 11.8 Å². The van der Waals surface area contributed by atoms with Gasteiger partial charge in [0.1, 0.15) is 0 Å². The molecular formula is C17H26OS. The highest BCUT2D eigenvalue weighted by molar-refractivity contribution is 7.99. The summed E-state index contributed by atoms with van der Waals surface area (Å²) in [6, 6.07) is 8.03. The first-order chi connectivity index (χ1) is 8.81. The summed E-state index contributed by atoms with van der Waals surface area (Å²) in [6.07, 6.45) is 1.74. The standard InChI is InChI=1S/C17H26OS/c1-6-19-15-9-7-14(8-10-15)16(18)11-13(2)12-17(3,4)5/h7-10,13H,6,11-12H2,1-5H3. The van der Waals surface area contributed by atoms with Gasteiger partial charge in [-0.25, -0.2) is 0 Å². The molecule has 1 nitrogen and oxygen atoms in total. The number of ketones is 1. The lowest BCUT2D eigenvalue weighted by Crippen LogP contribution is -2.14. The van der Waals surface area contributed by atoms with Crippen LogP contribution in [0.1, 0.15) is 57.8 Å². The second kappa shape index (κ2) is 7.14. The highest BCUT2D eigenvalue weighted by atomic mass is 32.2. The van der Waals surface area contributed by atoms with Gasteiger partial charge in [-0.3, -0.25) is 4.79 Å². The monoisotopic (exact) mass is 278 g/mol. The van der Waals surface area contributed by atoms with Crippen molar-refractivity contribution in [2.24, 2.45) is 11.3 Å². The van der Waals surface area contributed by atoms with E-state index in [-0.39, 0.29) is 5.78 Å². The lowest BCUT2D eigenvalue weighted by molar-refractivity contribution is 0.0954. The maximum absolute atomic E-state index is 12.2. The molecule has 0 amide bonds. The smallest absolute Gasteiger partial charge is 0.163 e. The summed E-state index contributed by atoms with van der Waals surface area (Å²) in [5.74, 6) is 1.78. The third kappa shape index (κ3) is 6.29. The lowest BCUT2D eigenvalue weighted by Gasteiger charge is -2.22. The topological polar surface area (TPSA) is 17.1 Å². The van der Waals surface area contributed by atoms with E-state index in [0.29, 0.717) is 17.8 Å². The van der Waals surface area contributed by atoms with Gasteiger partial charge in [0.05, 0.1) is 0 Å². The summed E-state index contributed by atoms with van der Waals surface area (Å²) in [5.41, 5.74) is 1.14. The Morgan fingerprint density at radius 1 is 1.21 bits per heavy atom. The van der Waals surface area contributed by atoms with Crippen molar-refractivity contribution < 1.29 is 4.79 Å². The fourth-order valence-corrected chi connectivity index (χ4v) is 3.12. The predicted molar refractivity (Wildman–Crippen MR) is 85.0 cm³/mol. The van der Waals surface area contributed by atoms with Gasteiger partial charge in [0.15, 0.2) is 5.78 Å². The van der Waals surface area contributed by atoms with Gasteiger partial charge in [-0.2, -0.15) is 0 Å². The molecule has 19 heavy (non-hydrogen) atoms. The molecule has 1 unspecified atom stereocenters. The van der Waals surface area contributed by atoms with Gasteiger partial charge in [0.2, 0.25) is 0 Å². The molecule has 0 saturated carbocycles. The molecule has 0 aliphatic heterocycles. The Labute approximate surface area is 122 Å². The summed E-state index contributed by atoms with van der Waals surface area (Å²) in [6.45, 7) is 11.0. The van der Waals surface area contributed by atoms with Gasteiger partial charge in [-0.1, -0.05) is 46.8 Å². The molecule has 106 valence electrons. The third-order valence-electron chi connectivity index (χ3n) is 2.98. The van der Waals surface area contributed by atoms with Crippen molar-refractivity contribution in [2.45, 2.75) is 52.4 Å². The fraction of sp³-hybridized carbons (Fsp3) is 0.588. The average Bonchev–Trinajstić information content (AvgIpc) is 2.27. The molecular weight excluding hydrogens is 252 g/mol. The molecule has 1 atom stereocenters. The van der Waals surface area contributed by atoms with Crippen molar-refractivity contribution in [3.63, 3.8) is 0 Å². The van der Waals surface area contributed by atoms with Crippen LogP contribution >= 0.6 is 11.8 Å². The Hall–Kier alpha value is -0.760. The minimum Gasteiger partial charge on any atom is -0.294 e. The summed E-state index contributed by atoms with van der Waals surface area (Å²) in [4.78, 5) is 13.4. The number of Topliss-reactive ketones (excluding diaryl/α,β-unsaturated/α-hetero) is 1. The van der Waals surface area contributed by atoms with Gasteiger partial charge in [0.25, 0.3) is 0 Å². The Morgan fingerprint density at radius 3 is 2.26 bits per heavy atom. The van der Waals surface area contributed by atoms with Crippen LogP contribution in [0.15, 0.2) is 29.2 Å². The first kappa shape index (κ1) is 16.3. The van der Waals surface area contributed by atoms with E-state index < -0.39 is 0 Å². The molecule has 0 aliphatic carbocycles. The Bertz CT molecular complexity index is 400. The molecule has 0 N–H and O–H groups in total. The highest BCUT2D eigenvalue weighted by Gasteiger charge is 2.18. The van der Waals surface area contributed by atoms with E-state index in [0.717, 1.165) is 17.7 Å². The fourth-order valence-electron chi connectivity index (χ4n) is 2.46. The van der Waals surface area contributed by atoms with E-state index in [9.17, 15) is 4.79 Å². The quantitative estimate of drug-likeness (QED) is 0.509. The maximum Gasteiger partial charge on any atom is 0.163 e. The number of rotatable bonds is 6. The molecule has 1 aromatic rings. The minimum absolute atomic E-state index is 0.268. The molecule has 2 heteroatoms. The summed E-state index contributed by atoms with van der Waals surface area (Å²) in [5, 5.41) is 0. The summed E-state index contributed by atoms with van der Waals surface area (Å²) < 4.78 is 0. The van der Waals surface area contributed by atoms with Crippen LogP contribution in [-0.2, 0) is 0 Å². The van der Waals surface area contributed by atoms with Crippen molar-refractivity contribution in [1.82, 2.24) is 0 Å². The number of thioether (sulfide) groups is 1. The molecule has 1 rings (SSSR count). The van der Waals surface area contributed by atoms with Crippen LogP contribution in [0.25, 0.3) is 0 Å². The van der Waals surface area contributed by atoms with Crippen molar-refractivity contribution in [3.8, 4) is 0 Å². The molecule has 1 aromatic carbocycles. The van der Waals surface area contributed by atoms with Gasteiger partial charge in [-0.05, 0) is 35.6 Å². The zero-order valence-electron chi connectivity index (χ0n) is 12.8. The summed E-state index contributed by atoms with van der Waals surface area (Å²) >= 11 is 1.81. The molecule has 0 aromatic heterocycles. The summed E-state index contributed by atoms with van der Waals surface area (Å²) in [7, 11) is 0. The number of hydrogen-bond donors (Lipinski definition) is 0. The predicted octanol–water partition coefficient (Wildman–Crippen LogP) is 5.44. The lowest BCUT2D eigenvalue weighted by atomic mass is 9.83. The second-order valence-corrected chi connectivity index (χ2v) is 7.79. The van der Waals surface area contributed by atoms with E-state index in [1.807, 2.05) is 12.1 Å². The van der Waals surface area contributed by atoms with Crippen LogP contribution in [0, 0.1) is 11.3 Å². The number of carbonyl (C=O) groups excluding carboxylic acids is 1. The molecule has 0 radical (unpaired) electrons. The van der Waals surface area contributed by atoms with Crippen LogP contribution in [-0.4, -0.2) is 11.5 Å². The van der Waals surface area contributed by atoms with E-state index in [1.54, 1.807) is 11.8 Å². The van der Waals surface area contributed by atoms with E-state index >= 15 is 0 Å². The van der Waals surface area contributed by atoms with Crippen LogP contribution < -0.4 is 0 Å². The van der Waals surface area contributed by atoms with Crippen LogP contribution in [0.5, 0.6) is 0 Å². The maximum atomic E-state index is 12.2. The zero-order valence-corrected chi connectivity index (χ0v) is 13.6. The van der Waals surface area contributed by atoms with Crippen LogP contribution in [0.4, 0.5) is 0 Å². The van der Waals surface area contributed by atoms with Crippen molar-refractivity contribution >= 4 is 17.5 Å². The first-order valence-electron chi connectivity index (χ1n) is 7.08. The van der Waals surface area contributed by atoms with Gasteiger partial charge >= 0.3 is 0 Å². The van der Waals surface area contributed by atoms with E-state index in [2.05, 4.69) is 46.8 Å². The van der Waals surface area contributed by atoms with E-state index in [1.165, 1.54) is 4.90 Å².